The summed E-state index contributed by atoms with van der Waals surface area (Å²) in [6.07, 6.45) is 0.443. The summed E-state index contributed by atoms with van der Waals surface area (Å²) in [6.45, 7) is 1.73. The number of nitriles is 1. The number of hydrogen-bond donors (Lipinski definition) is 0. The van der Waals surface area contributed by atoms with E-state index in [-0.39, 0.29) is 5.56 Å². The van der Waals surface area contributed by atoms with Crippen LogP contribution < -0.4 is 0 Å². The van der Waals surface area contributed by atoms with Gasteiger partial charge in [-0.15, -0.1) is 0 Å². The molecule has 0 atom stereocenters. The van der Waals surface area contributed by atoms with E-state index in [2.05, 4.69) is 0 Å². The average Bonchev–Trinajstić information content (AvgIpc) is 2.25. The van der Waals surface area contributed by atoms with Crippen LogP contribution in [0, 0.1) is 21.4 Å². The van der Waals surface area contributed by atoms with Gasteiger partial charge in [0.25, 0.3) is 14.7 Å². The SMILES string of the molecule is CCc1cc(C#N)c(S(=O)(=O)Cl)c([N+](=O)[O-])c1. The molecule has 0 saturated heterocycles. The maximum atomic E-state index is 11.2. The molecule has 0 saturated carbocycles. The molecular weight excluding hydrogens is 268 g/mol. The van der Waals surface area contributed by atoms with Crippen molar-refractivity contribution >= 4 is 25.4 Å². The molecule has 0 bridgehead atoms. The number of nitro benzene ring substituents is 1. The minimum atomic E-state index is -4.34. The summed E-state index contributed by atoms with van der Waals surface area (Å²) in [6, 6.07) is 3.99. The Hall–Kier alpha value is -1.65. The molecule has 90 valence electrons. The highest BCUT2D eigenvalue weighted by Crippen LogP contribution is 2.31. The van der Waals surface area contributed by atoms with Crippen molar-refractivity contribution in [3.63, 3.8) is 0 Å². The van der Waals surface area contributed by atoms with Crippen LogP contribution in [0.15, 0.2) is 17.0 Å². The van der Waals surface area contributed by atoms with Gasteiger partial charge in [0.1, 0.15) is 6.07 Å². The fraction of sp³-hybridized carbons (Fsp3) is 0.222. The van der Waals surface area contributed by atoms with E-state index in [1.54, 1.807) is 13.0 Å². The van der Waals surface area contributed by atoms with Crippen LogP contribution >= 0.6 is 10.7 Å². The largest absolute Gasteiger partial charge is 0.290 e. The molecule has 0 unspecified atom stereocenters. The van der Waals surface area contributed by atoms with Crippen LogP contribution in [0.5, 0.6) is 0 Å². The van der Waals surface area contributed by atoms with Crippen molar-refractivity contribution in [1.82, 2.24) is 0 Å². The maximum absolute atomic E-state index is 11.2. The molecule has 0 aliphatic carbocycles. The Morgan fingerprint density at radius 3 is 2.47 bits per heavy atom. The molecule has 0 spiro atoms. The predicted octanol–water partition coefficient (Wildman–Crippen LogP) is 1.96. The first kappa shape index (κ1) is 13.4. The molecule has 8 heteroatoms. The van der Waals surface area contributed by atoms with Gasteiger partial charge in [-0.3, -0.25) is 10.1 Å². The molecule has 1 aromatic rings. The van der Waals surface area contributed by atoms with Crippen LogP contribution in [0.25, 0.3) is 0 Å². The molecule has 1 aromatic carbocycles. The molecule has 0 amide bonds. The molecule has 1 rings (SSSR count). The number of aryl methyl sites for hydroxylation is 1. The Morgan fingerprint density at radius 2 is 2.12 bits per heavy atom. The third kappa shape index (κ3) is 2.72. The van der Waals surface area contributed by atoms with E-state index in [1.807, 2.05) is 0 Å². The van der Waals surface area contributed by atoms with Crippen molar-refractivity contribution in [3.8, 4) is 6.07 Å². The molecule has 0 aliphatic rings. The normalized spacial score (nSPS) is 10.9. The van der Waals surface area contributed by atoms with Gasteiger partial charge < -0.3 is 0 Å². The van der Waals surface area contributed by atoms with Crippen molar-refractivity contribution in [3.05, 3.63) is 33.4 Å². The Labute approximate surface area is 102 Å². The monoisotopic (exact) mass is 274 g/mol. The third-order valence-corrected chi connectivity index (χ3v) is 3.48. The number of nitro groups is 1. The number of hydrogen-bond acceptors (Lipinski definition) is 5. The quantitative estimate of drug-likeness (QED) is 0.476. The Bertz CT molecular complexity index is 619. The first-order valence-corrected chi connectivity index (χ1v) is 6.78. The number of rotatable bonds is 3. The van der Waals surface area contributed by atoms with Crippen LogP contribution in [0.2, 0.25) is 0 Å². The molecule has 0 heterocycles. The lowest BCUT2D eigenvalue weighted by molar-refractivity contribution is -0.387. The Morgan fingerprint density at radius 1 is 1.53 bits per heavy atom. The van der Waals surface area contributed by atoms with Gasteiger partial charge in [0.2, 0.25) is 0 Å². The summed E-state index contributed by atoms with van der Waals surface area (Å²) in [7, 11) is 0.766. The van der Waals surface area contributed by atoms with E-state index in [0.29, 0.717) is 12.0 Å². The third-order valence-electron chi connectivity index (χ3n) is 2.10. The predicted molar refractivity (Wildman–Crippen MR) is 60.2 cm³/mol. The van der Waals surface area contributed by atoms with Crippen molar-refractivity contribution in [2.24, 2.45) is 0 Å². The molecule has 0 aliphatic heterocycles. The summed E-state index contributed by atoms with van der Waals surface area (Å²) in [5, 5.41) is 19.6. The standard InChI is InChI=1S/C9H7ClN2O4S/c1-2-6-3-7(5-11)9(17(10,15)16)8(4-6)12(13)14/h3-4H,2H2,1H3. The molecular formula is C9H7ClN2O4S. The van der Waals surface area contributed by atoms with Crippen LogP contribution in [0.4, 0.5) is 5.69 Å². The van der Waals surface area contributed by atoms with Crippen LogP contribution in [-0.2, 0) is 15.5 Å². The first-order valence-electron chi connectivity index (χ1n) is 4.47. The van der Waals surface area contributed by atoms with Crippen LogP contribution in [-0.4, -0.2) is 13.3 Å². The van der Waals surface area contributed by atoms with Crippen molar-refractivity contribution in [2.45, 2.75) is 18.2 Å². The lowest BCUT2D eigenvalue weighted by Crippen LogP contribution is -2.03. The minimum Gasteiger partial charge on any atom is -0.258 e. The highest BCUT2D eigenvalue weighted by molar-refractivity contribution is 8.13. The van der Waals surface area contributed by atoms with Gasteiger partial charge in [-0.25, -0.2) is 8.42 Å². The Balaban J connectivity index is 3.79. The summed E-state index contributed by atoms with van der Waals surface area (Å²) < 4.78 is 22.5. The highest BCUT2D eigenvalue weighted by atomic mass is 35.7. The second-order valence-corrected chi connectivity index (χ2v) is 5.65. The lowest BCUT2D eigenvalue weighted by Gasteiger charge is -2.04. The van der Waals surface area contributed by atoms with Gasteiger partial charge in [-0.2, -0.15) is 5.26 Å². The van der Waals surface area contributed by atoms with E-state index in [9.17, 15) is 18.5 Å². The van der Waals surface area contributed by atoms with E-state index >= 15 is 0 Å². The first-order chi connectivity index (χ1) is 7.81. The van der Waals surface area contributed by atoms with Gasteiger partial charge in [0, 0.05) is 16.7 Å². The van der Waals surface area contributed by atoms with E-state index in [0.717, 1.165) is 6.07 Å². The molecule has 6 nitrogen and oxygen atoms in total. The maximum Gasteiger partial charge on any atom is 0.290 e. The number of halogens is 1. The van der Waals surface area contributed by atoms with Crippen molar-refractivity contribution < 1.29 is 13.3 Å². The zero-order chi connectivity index (χ0) is 13.2. The minimum absolute atomic E-state index is 0.314. The molecule has 17 heavy (non-hydrogen) atoms. The van der Waals surface area contributed by atoms with Crippen LogP contribution in [0.1, 0.15) is 18.1 Å². The molecule has 0 radical (unpaired) electrons. The van der Waals surface area contributed by atoms with Gasteiger partial charge in [0.05, 0.1) is 10.5 Å². The molecule has 0 fully saturated rings. The van der Waals surface area contributed by atoms with E-state index in [1.165, 1.54) is 6.07 Å². The van der Waals surface area contributed by atoms with E-state index in [4.69, 9.17) is 15.9 Å². The lowest BCUT2D eigenvalue weighted by atomic mass is 10.1. The topological polar surface area (TPSA) is 101 Å². The second-order valence-electron chi connectivity index (χ2n) is 3.15. The number of benzene rings is 1. The molecule has 0 N–H and O–H groups in total. The van der Waals surface area contributed by atoms with Gasteiger partial charge in [-0.1, -0.05) is 6.92 Å². The van der Waals surface area contributed by atoms with Crippen LogP contribution in [0.3, 0.4) is 0 Å². The summed E-state index contributed by atoms with van der Waals surface area (Å²) in [4.78, 5) is 9.17. The van der Waals surface area contributed by atoms with E-state index < -0.39 is 24.6 Å². The smallest absolute Gasteiger partial charge is 0.258 e. The molecule has 0 aromatic heterocycles. The fourth-order valence-corrected chi connectivity index (χ4v) is 2.59. The van der Waals surface area contributed by atoms with Gasteiger partial charge in [0.15, 0.2) is 4.90 Å². The van der Waals surface area contributed by atoms with Gasteiger partial charge in [-0.05, 0) is 18.1 Å². The highest BCUT2D eigenvalue weighted by Gasteiger charge is 2.28. The van der Waals surface area contributed by atoms with Crippen molar-refractivity contribution in [1.29, 1.82) is 5.26 Å². The average molecular weight is 275 g/mol. The number of nitrogens with zero attached hydrogens (tertiary/aromatic N) is 2. The zero-order valence-electron chi connectivity index (χ0n) is 8.68. The summed E-state index contributed by atoms with van der Waals surface area (Å²) >= 11 is 0. The Kier molecular flexibility index (Phi) is 3.70. The van der Waals surface area contributed by atoms with Gasteiger partial charge >= 0.3 is 0 Å². The fourth-order valence-electron chi connectivity index (χ4n) is 1.35. The van der Waals surface area contributed by atoms with Crippen molar-refractivity contribution in [2.75, 3.05) is 0 Å². The second kappa shape index (κ2) is 4.69. The summed E-state index contributed by atoms with van der Waals surface area (Å²) in [5.41, 5.74) is -0.487. The summed E-state index contributed by atoms with van der Waals surface area (Å²) in [5.74, 6) is 0. The zero-order valence-corrected chi connectivity index (χ0v) is 10.2.